The van der Waals surface area contributed by atoms with Gasteiger partial charge in [0, 0.05) is 17.9 Å². The van der Waals surface area contributed by atoms with Gasteiger partial charge in [0.2, 0.25) is 5.91 Å². The molecule has 1 atom stereocenters. The summed E-state index contributed by atoms with van der Waals surface area (Å²) in [5.74, 6) is -1.50. The fourth-order valence-corrected chi connectivity index (χ4v) is 2.38. The highest BCUT2D eigenvalue weighted by atomic mass is 35.5. The van der Waals surface area contributed by atoms with Gasteiger partial charge in [-0.2, -0.15) is 0 Å². The summed E-state index contributed by atoms with van der Waals surface area (Å²) in [4.78, 5) is 23.2. The van der Waals surface area contributed by atoms with Crippen LogP contribution in [0.4, 0.5) is 0 Å². The maximum absolute atomic E-state index is 11.6. The number of carbonyl (C=O) groups is 2. The third-order valence-electron chi connectivity index (χ3n) is 2.25. The highest BCUT2D eigenvalue weighted by molar-refractivity contribution is 8.00. The Bertz CT molecular complexity index is 455. The average molecular weight is 304 g/mol. The van der Waals surface area contributed by atoms with Crippen LogP contribution in [0.1, 0.15) is 6.42 Å². The van der Waals surface area contributed by atoms with Crippen molar-refractivity contribution < 1.29 is 19.8 Å². The van der Waals surface area contributed by atoms with Gasteiger partial charge in [-0.3, -0.25) is 4.79 Å². The lowest BCUT2D eigenvalue weighted by Gasteiger charge is -2.13. The molecule has 0 aliphatic heterocycles. The minimum Gasteiger partial charge on any atom is -0.480 e. The highest BCUT2D eigenvalue weighted by Crippen LogP contribution is 2.26. The molecule has 104 valence electrons. The molecule has 3 N–H and O–H groups in total. The second-order valence-electron chi connectivity index (χ2n) is 3.69. The van der Waals surface area contributed by atoms with Crippen LogP contribution in [0, 0.1) is 0 Å². The fourth-order valence-electron chi connectivity index (χ4n) is 1.33. The summed E-state index contributed by atoms with van der Waals surface area (Å²) < 4.78 is 0. The topological polar surface area (TPSA) is 86.6 Å². The summed E-state index contributed by atoms with van der Waals surface area (Å²) in [6.45, 7) is -0.297. The first-order chi connectivity index (χ1) is 9.04. The molecule has 1 aromatic rings. The van der Waals surface area contributed by atoms with E-state index < -0.39 is 17.9 Å². The first-order valence-electron chi connectivity index (χ1n) is 5.55. The lowest BCUT2D eigenvalue weighted by atomic mass is 10.2. The van der Waals surface area contributed by atoms with Crippen molar-refractivity contribution in [1.82, 2.24) is 5.32 Å². The molecule has 1 unspecified atom stereocenters. The molecule has 19 heavy (non-hydrogen) atoms. The number of carboxylic acids is 1. The number of rotatable bonds is 7. The Labute approximate surface area is 120 Å². The Morgan fingerprint density at radius 3 is 2.63 bits per heavy atom. The van der Waals surface area contributed by atoms with E-state index in [0.29, 0.717) is 5.02 Å². The number of nitrogens with one attached hydrogen (secondary N) is 1. The number of hydrogen-bond donors (Lipinski definition) is 3. The molecule has 0 bridgehead atoms. The van der Waals surface area contributed by atoms with Gasteiger partial charge in [0.1, 0.15) is 6.04 Å². The molecule has 0 radical (unpaired) electrons. The standard InChI is InChI=1S/C12H14ClNO4S/c13-8-3-1-2-4-10(8)19-7-11(16)14-9(5-6-15)12(17)18/h1-4,9,15H,5-7H2,(H,14,16)(H,17,18). The number of amides is 1. The van der Waals surface area contributed by atoms with E-state index in [-0.39, 0.29) is 18.8 Å². The van der Waals surface area contributed by atoms with Crippen LogP contribution in [0.3, 0.4) is 0 Å². The lowest BCUT2D eigenvalue weighted by molar-refractivity contribution is -0.141. The van der Waals surface area contributed by atoms with Gasteiger partial charge in [0.05, 0.1) is 10.8 Å². The van der Waals surface area contributed by atoms with Gasteiger partial charge in [-0.1, -0.05) is 23.7 Å². The molecule has 0 fully saturated rings. The molecule has 1 rings (SSSR count). The van der Waals surface area contributed by atoms with Crippen molar-refractivity contribution in [1.29, 1.82) is 0 Å². The predicted molar refractivity (Wildman–Crippen MR) is 73.4 cm³/mol. The largest absolute Gasteiger partial charge is 0.480 e. The zero-order valence-corrected chi connectivity index (χ0v) is 11.6. The number of benzene rings is 1. The van der Waals surface area contributed by atoms with Gasteiger partial charge in [0.15, 0.2) is 0 Å². The molecule has 5 nitrogen and oxygen atoms in total. The zero-order chi connectivity index (χ0) is 14.3. The summed E-state index contributed by atoms with van der Waals surface area (Å²) in [6.07, 6.45) is -0.0160. The molecule has 0 saturated heterocycles. The number of aliphatic hydroxyl groups is 1. The number of aliphatic carboxylic acids is 1. The van der Waals surface area contributed by atoms with Crippen molar-refractivity contribution in [2.75, 3.05) is 12.4 Å². The van der Waals surface area contributed by atoms with Crippen LogP contribution in [0.25, 0.3) is 0 Å². The van der Waals surface area contributed by atoms with E-state index in [1.807, 2.05) is 0 Å². The molecule has 7 heteroatoms. The number of thioether (sulfide) groups is 1. The Morgan fingerprint density at radius 2 is 2.05 bits per heavy atom. The summed E-state index contributed by atoms with van der Waals surface area (Å²) >= 11 is 7.16. The van der Waals surface area contributed by atoms with Crippen molar-refractivity contribution in [3.8, 4) is 0 Å². The van der Waals surface area contributed by atoms with E-state index >= 15 is 0 Å². The first-order valence-corrected chi connectivity index (χ1v) is 6.91. The SMILES string of the molecule is O=C(CSc1ccccc1Cl)NC(CCO)C(=O)O. The minimum atomic E-state index is -1.16. The minimum absolute atomic E-state index is 0.0160. The molecule has 0 aliphatic carbocycles. The Kier molecular flexibility index (Phi) is 6.69. The smallest absolute Gasteiger partial charge is 0.326 e. The second-order valence-corrected chi connectivity index (χ2v) is 5.11. The maximum Gasteiger partial charge on any atom is 0.326 e. The summed E-state index contributed by atoms with van der Waals surface area (Å²) in [7, 11) is 0. The zero-order valence-electron chi connectivity index (χ0n) is 10.0. The van der Waals surface area contributed by atoms with Gasteiger partial charge in [-0.15, -0.1) is 11.8 Å². The highest BCUT2D eigenvalue weighted by Gasteiger charge is 2.19. The van der Waals surface area contributed by atoms with E-state index in [1.165, 1.54) is 11.8 Å². The van der Waals surface area contributed by atoms with Crippen molar-refractivity contribution in [2.45, 2.75) is 17.4 Å². The molecule has 1 amide bonds. The van der Waals surface area contributed by atoms with Crippen molar-refractivity contribution in [3.63, 3.8) is 0 Å². The van der Waals surface area contributed by atoms with E-state index in [1.54, 1.807) is 24.3 Å². The number of hydrogen-bond acceptors (Lipinski definition) is 4. The van der Waals surface area contributed by atoms with Crippen molar-refractivity contribution in [2.24, 2.45) is 0 Å². The normalized spacial score (nSPS) is 11.9. The van der Waals surface area contributed by atoms with Crippen LogP contribution < -0.4 is 5.32 Å². The predicted octanol–water partition coefficient (Wildman–Crippen LogP) is 1.38. The summed E-state index contributed by atoms with van der Waals surface area (Å²) in [5, 5.41) is 20.4. The third-order valence-corrected chi connectivity index (χ3v) is 3.76. The van der Waals surface area contributed by atoms with E-state index in [2.05, 4.69) is 5.32 Å². The van der Waals surface area contributed by atoms with Crippen LogP contribution in [-0.4, -0.2) is 40.5 Å². The molecule has 0 spiro atoms. The molecule has 1 aromatic carbocycles. The molecule has 0 aliphatic rings. The molecule has 0 aromatic heterocycles. The van der Waals surface area contributed by atoms with Gasteiger partial charge in [-0.05, 0) is 12.1 Å². The van der Waals surface area contributed by atoms with Gasteiger partial charge in [-0.25, -0.2) is 4.79 Å². The Hall–Kier alpha value is -1.24. The number of carbonyl (C=O) groups excluding carboxylic acids is 1. The second kappa shape index (κ2) is 8.04. The quantitative estimate of drug-likeness (QED) is 0.663. The van der Waals surface area contributed by atoms with Crippen molar-refractivity contribution >= 4 is 35.2 Å². The van der Waals surface area contributed by atoms with E-state index in [4.69, 9.17) is 21.8 Å². The Balaban J connectivity index is 2.47. The van der Waals surface area contributed by atoms with Crippen LogP contribution in [0.2, 0.25) is 5.02 Å². The summed E-state index contributed by atoms with van der Waals surface area (Å²) in [5.41, 5.74) is 0. The van der Waals surface area contributed by atoms with Crippen LogP contribution in [0.15, 0.2) is 29.2 Å². The van der Waals surface area contributed by atoms with Crippen LogP contribution in [0.5, 0.6) is 0 Å². The maximum atomic E-state index is 11.6. The van der Waals surface area contributed by atoms with Crippen LogP contribution in [-0.2, 0) is 9.59 Å². The number of carboxylic acid groups (broad SMARTS) is 1. The van der Waals surface area contributed by atoms with E-state index in [0.717, 1.165) is 4.90 Å². The lowest BCUT2D eigenvalue weighted by Crippen LogP contribution is -2.42. The average Bonchev–Trinajstić information content (AvgIpc) is 2.37. The van der Waals surface area contributed by atoms with E-state index in [9.17, 15) is 9.59 Å². The molecule has 0 heterocycles. The number of halogens is 1. The molecular weight excluding hydrogens is 290 g/mol. The van der Waals surface area contributed by atoms with Gasteiger partial charge < -0.3 is 15.5 Å². The van der Waals surface area contributed by atoms with Gasteiger partial charge >= 0.3 is 5.97 Å². The van der Waals surface area contributed by atoms with Crippen molar-refractivity contribution in [3.05, 3.63) is 29.3 Å². The fraction of sp³-hybridized carbons (Fsp3) is 0.333. The number of aliphatic hydroxyl groups excluding tert-OH is 1. The Morgan fingerprint density at radius 1 is 1.37 bits per heavy atom. The summed E-state index contributed by atoms with van der Waals surface area (Å²) in [6, 6.07) is 6.02. The molecule has 0 saturated carbocycles. The van der Waals surface area contributed by atoms with Gasteiger partial charge in [0.25, 0.3) is 0 Å². The van der Waals surface area contributed by atoms with Crippen LogP contribution >= 0.6 is 23.4 Å². The monoisotopic (exact) mass is 303 g/mol. The third kappa shape index (κ3) is 5.50. The molecular formula is C12H14ClNO4S. The first kappa shape index (κ1) is 15.8.